The predicted octanol–water partition coefficient (Wildman–Crippen LogP) is 2.21. The summed E-state index contributed by atoms with van der Waals surface area (Å²) in [6, 6.07) is 2.41. The summed E-state index contributed by atoms with van der Waals surface area (Å²) < 4.78 is 61.7. The van der Waals surface area contributed by atoms with Gasteiger partial charge in [0, 0.05) is 26.7 Å². The van der Waals surface area contributed by atoms with Gasteiger partial charge in [0.15, 0.2) is 0 Å². The molecule has 1 aromatic rings. The fraction of sp³-hybridized carbons (Fsp3) is 0.643. The van der Waals surface area contributed by atoms with Crippen LogP contribution in [0.15, 0.2) is 18.3 Å². The van der Waals surface area contributed by atoms with Crippen LogP contribution in [0.1, 0.15) is 18.5 Å². The van der Waals surface area contributed by atoms with Crippen molar-refractivity contribution in [3.05, 3.63) is 24.0 Å². The van der Waals surface area contributed by atoms with Crippen LogP contribution in [0, 0.1) is 5.92 Å². The molecule has 1 aliphatic rings. The van der Waals surface area contributed by atoms with E-state index in [2.05, 4.69) is 4.98 Å². The Labute approximate surface area is 134 Å². The number of hydrogen-bond donors (Lipinski definition) is 0. The molecule has 0 amide bonds. The zero-order valence-corrected chi connectivity index (χ0v) is 13.9. The highest BCUT2D eigenvalue weighted by Crippen LogP contribution is 2.29. The molecule has 1 aromatic heterocycles. The lowest BCUT2D eigenvalue weighted by Crippen LogP contribution is -2.39. The smallest absolute Gasteiger partial charge is 0.370 e. The van der Waals surface area contributed by atoms with Gasteiger partial charge in [0.2, 0.25) is 10.0 Å². The van der Waals surface area contributed by atoms with E-state index in [0.29, 0.717) is 25.3 Å². The number of piperidine rings is 1. The molecule has 0 aliphatic carbocycles. The number of rotatable bonds is 4. The highest BCUT2D eigenvalue weighted by Gasteiger charge is 2.32. The van der Waals surface area contributed by atoms with Gasteiger partial charge in [-0.2, -0.15) is 13.2 Å². The maximum absolute atomic E-state index is 12.5. The van der Waals surface area contributed by atoms with Crippen LogP contribution in [0.3, 0.4) is 0 Å². The van der Waals surface area contributed by atoms with Crippen molar-refractivity contribution < 1.29 is 21.6 Å². The van der Waals surface area contributed by atoms with Crippen LogP contribution in [0.4, 0.5) is 18.9 Å². The fourth-order valence-electron chi connectivity index (χ4n) is 2.61. The van der Waals surface area contributed by atoms with Gasteiger partial charge < -0.3 is 4.90 Å². The third kappa shape index (κ3) is 4.81. The lowest BCUT2D eigenvalue weighted by Gasteiger charge is -2.34. The van der Waals surface area contributed by atoms with Gasteiger partial charge in [-0.3, -0.25) is 0 Å². The summed E-state index contributed by atoms with van der Waals surface area (Å²) in [6.45, 7) is 1.82. The molecule has 0 unspecified atom stereocenters. The topological polar surface area (TPSA) is 53.5 Å². The molecule has 0 N–H and O–H groups in total. The zero-order valence-electron chi connectivity index (χ0n) is 13.0. The normalized spacial score (nSPS) is 17.7. The summed E-state index contributed by atoms with van der Waals surface area (Å²) in [6.07, 6.45) is -0.425. The molecule has 0 bridgehead atoms. The van der Waals surface area contributed by atoms with Crippen molar-refractivity contribution in [2.75, 3.05) is 37.8 Å². The third-order valence-electron chi connectivity index (χ3n) is 4.10. The van der Waals surface area contributed by atoms with Gasteiger partial charge in [0.1, 0.15) is 5.69 Å². The van der Waals surface area contributed by atoms with Crippen LogP contribution in [-0.4, -0.2) is 50.6 Å². The second-order valence-corrected chi connectivity index (χ2v) is 7.96. The molecule has 23 heavy (non-hydrogen) atoms. The molecule has 9 heteroatoms. The van der Waals surface area contributed by atoms with Gasteiger partial charge in [-0.15, -0.1) is 0 Å². The Morgan fingerprint density at radius 3 is 2.35 bits per heavy atom. The predicted molar refractivity (Wildman–Crippen MR) is 81.6 cm³/mol. The van der Waals surface area contributed by atoms with Crippen LogP contribution in [0.5, 0.6) is 0 Å². The second-order valence-electron chi connectivity index (χ2n) is 5.87. The van der Waals surface area contributed by atoms with Crippen molar-refractivity contribution in [3.8, 4) is 0 Å². The summed E-state index contributed by atoms with van der Waals surface area (Å²) in [7, 11) is -1.63. The van der Waals surface area contributed by atoms with Crippen LogP contribution in [0.2, 0.25) is 0 Å². The average molecular weight is 351 g/mol. The van der Waals surface area contributed by atoms with Gasteiger partial charge in [0.05, 0.1) is 18.1 Å². The molecular formula is C14H20F3N3O2S. The van der Waals surface area contributed by atoms with Gasteiger partial charge in [-0.25, -0.2) is 17.7 Å². The van der Waals surface area contributed by atoms with E-state index in [1.165, 1.54) is 22.8 Å². The molecule has 1 saturated heterocycles. The van der Waals surface area contributed by atoms with E-state index in [-0.39, 0.29) is 5.92 Å². The molecule has 130 valence electrons. The van der Waals surface area contributed by atoms with Crippen LogP contribution < -0.4 is 4.90 Å². The maximum atomic E-state index is 12.5. The lowest BCUT2D eigenvalue weighted by molar-refractivity contribution is -0.141. The number of sulfonamides is 1. The molecular weight excluding hydrogens is 331 g/mol. The number of alkyl halides is 3. The highest BCUT2D eigenvalue weighted by atomic mass is 32.2. The van der Waals surface area contributed by atoms with Crippen molar-refractivity contribution >= 4 is 15.7 Å². The summed E-state index contributed by atoms with van der Waals surface area (Å²) in [5.74, 6) is 0.258. The van der Waals surface area contributed by atoms with E-state index >= 15 is 0 Å². The first-order chi connectivity index (χ1) is 10.6. The second kappa shape index (κ2) is 6.64. The Kier molecular flexibility index (Phi) is 5.20. The van der Waals surface area contributed by atoms with E-state index in [9.17, 15) is 21.6 Å². The minimum absolute atomic E-state index is 0.258. The first-order valence-electron chi connectivity index (χ1n) is 7.27. The zero-order chi connectivity index (χ0) is 17.3. The van der Waals surface area contributed by atoms with Gasteiger partial charge in [-0.1, -0.05) is 0 Å². The number of nitrogens with zero attached hydrogens (tertiary/aromatic N) is 3. The first-order valence-corrected chi connectivity index (χ1v) is 9.11. The van der Waals surface area contributed by atoms with Gasteiger partial charge >= 0.3 is 6.18 Å². The van der Waals surface area contributed by atoms with E-state index in [1.54, 1.807) is 7.05 Å². The summed E-state index contributed by atoms with van der Waals surface area (Å²) >= 11 is 0. The molecule has 2 rings (SSSR count). The van der Waals surface area contributed by atoms with Crippen molar-refractivity contribution in [2.24, 2.45) is 5.92 Å². The minimum Gasteiger partial charge on any atom is -0.370 e. The van der Waals surface area contributed by atoms with Crippen molar-refractivity contribution in [3.63, 3.8) is 0 Å². The van der Waals surface area contributed by atoms with Crippen molar-refractivity contribution in [2.45, 2.75) is 19.0 Å². The van der Waals surface area contributed by atoms with Crippen LogP contribution in [-0.2, 0) is 16.2 Å². The molecule has 0 aromatic carbocycles. The average Bonchev–Trinajstić information content (AvgIpc) is 2.46. The summed E-state index contributed by atoms with van der Waals surface area (Å²) in [5, 5.41) is 0. The Morgan fingerprint density at radius 1 is 1.30 bits per heavy atom. The number of anilines is 1. The first kappa shape index (κ1) is 18.0. The Hall–Kier alpha value is -1.35. The van der Waals surface area contributed by atoms with E-state index in [4.69, 9.17) is 0 Å². The van der Waals surface area contributed by atoms with Crippen molar-refractivity contribution in [1.29, 1.82) is 0 Å². The van der Waals surface area contributed by atoms with Gasteiger partial charge in [0.25, 0.3) is 0 Å². The third-order valence-corrected chi connectivity index (χ3v) is 5.38. The quantitative estimate of drug-likeness (QED) is 0.835. The summed E-state index contributed by atoms with van der Waals surface area (Å²) in [4.78, 5) is 5.45. The molecule has 0 saturated carbocycles. The molecule has 1 aliphatic heterocycles. The lowest BCUT2D eigenvalue weighted by atomic mass is 9.96. The number of halogens is 3. The van der Waals surface area contributed by atoms with E-state index in [0.717, 1.165) is 18.9 Å². The number of hydrogen-bond acceptors (Lipinski definition) is 4. The fourth-order valence-corrected chi connectivity index (χ4v) is 3.10. The Balaban J connectivity index is 1.92. The number of aromatic nitrogens is 1. The Bertz CT molecular complexity index is 624. The highest BCUT2D eigenvalue weighted by molar-refractivity contribution is 7.88. The minimum atomic E-state index is -4.43. The standard InChI is InChI=1S/C14H20F3N3O2S/c1-19(23(2,21)22)10-11-5-7-20(8-6-11)12-3-4-13(18-9-12)14(15,16)17/h3-4,9,11H,5-8,10H2,1-2H3. The van der Waals surface area contributed by atoms with Crippen LogP contribution >= 0.6 is 0 Å². The Morgan fingerprint density at radius 2 is 1.91 bits per heavy atom. The molecule has 0 atom stereocenters. The molecule has 0 radical (unpaired) electrons. The van der Waals surface area contributed by atoms with E-state index < -0.39 is 21.9 Å². The summed E-state index contributed by atoms with van der Waals surface area (Å²) in [5.41, 5.74) is -0.237. The molecule has 2 heterocycles. The van der Waals surface area contributed by atoms with Crippen LogP contribution in [0.25, 0.3) is 0 Å². The van der Waals surface area contributed by atoms with E-state index in [1.807, 2.05) is 4.90 Å². The monoisotopic (exact) mass is 351 g/mol. The SMILES string of the molecule is CN(CC1CCN(c2ccc(C(F)(F)F)nc2)CC1)S(C)(=O)=O. The largest absolute Gasteiger partial charge is 0.433 e. The van der Waals surface area contributed by atoms with Crippen molar-refractivity contribution in [1.82, 2.24) is 9.29 Å². The molecule has 5 nitrogen and oxygen atoms in total. The molecule has 1 fully saturated rings. The number of pyridine rings is 1. The van der Waals surface area contributed by atoms with Gasteiger partial charge in [-0.05, 0) is 30.9 Å². The molecule has 0 spiro atoms. The maximum Gasteiger partial charge on any atom is 0.433 e.